The zero-order valence-corrected chi connectivity index (χ0v) is 18.8. The Hall–Kier alpha value is -3.54. The van der Waals surface area contributed by atoms with Crippen LogP contribution in [0.1, 0.15) is 65.1 Å². The second-order valence-electron chi connectivity index (χ2n) is 8.74. The molecule has 1 heterocycles. The number of carboxylic acid groups (broad SMARTS) is 1. The van der Waals surface area contributed by atoms with E-state index in [0.717, 1.165) is 12.5 Å². The molecule has 0 saturated heterocycles. The fourth-order valence-electron chi connectivity index (χ4n) is 4.08. The molecule has 4 rings (SSSR count). The van der Waals surface area contributed by atoms with Crippen molar-refractivity contribution in [1.29, 1.82) is 0 Å². The number of imidazole rings is 1. The van der Waals surface area contributed by atoms with Gasteiger partial charge in [-0.2, -0.15) is 0 Å². The van der Waals surface area contributed by atoms with Crippen LogP contribution < -0.4 is 0 Å². The van der Waals surface area contributed by atoms with Crippen molar-refractivity contribution in [3.05, 3.63) is 100 Å². The molecule has 170 valence electrons. The van der Waals surface area contributed by atoms with E-state index in [1.54, 1.807) is 24.3 Å². The minimum atomic E-state index is -2.98. The van der Waals surface area contributed by atoms with Gasteiger partial charge in [-0.3, -0.25) is 0 Å². The Labute approximate surface area is 191 Å². The van der Waals surface area contributed by atoms with Crippen LogP contribution in [0.4, 0.5) is 8.78 Å². The number of hydrogen-bond acceptors (Lipinski definition) is 2. The highest BCUT2D eigenvalue weighted by Gasteiger charge is 2.27. The van der Waals surface area contributed by atoms with Crippen LogP contribution in [0.15, 0.2) is 66.7 Å². The fraction of sp³-hybridized carbons (Fsp3) is 0.259. The molecule has 1 aromatic heterocycles. The number of aromatic carboxylic acids is 1. The van der Waals surface area contributed by atoms with Crippen molar-refractivity contribution in [3.63, 3.8) is 0 Å². The maximum atomic E-state index is 14.3. The van der Waals surface area contributed by atoms with Gasteiger partial charge in [-0.05, 0) is 40.8 Å². The summed E-state index contributed by atoms with van der Waals surface area (Å²) < 4.78 is 30.4. The second-order valence-corrected chi connectivity index (χ2v) is 8.74. The van der Waals surface area contributed by atoms with E-state index in [1.807, 2.05) is 4.57 Å². The van der Waals surface area contributed by atoms with Gasteiger partial charge in [0.25, 0.3) is 5.92 Å². The van der Waals surface area contributed by atoms with Crippen LogP contribution in [0.3, 0.4) is 0 Å². The smallest absolute Gasteiger partial charge is 0.335 e. The number of hydrogen-bond donors (Lipinski definition) is 1. The van der Waals surface area contributed by atoms with E-state index in [2.05, 4.69) is 38.1 Å². The summed E-state index contributed by atoms with van der Waals surface area (Å²) in [6.07, 6.45) is 0.500. The molecule has 0 spiro atoms. The first-order chi connectivity index (χ1) is 15.6. The molecule has 33 heavy (non-hydrogen) atoms. The Balaban J connectivity index is 1.80. The highest BCUT2D eigenvalue weighted by Crippen LogP contribution is 2.31. The maximum absolute atomic E-state index is 14.3. The molecule has 4 aromatic rings. The Morgan fingerprint density at radius 1 is 1.06 bits per heavy atom. The SMILES string of the molecule is CC(C)c1ccc(Cc2nc3cc(C(=O)O)ccc3n2Cc2ccccc2C(C)(F)F)cc1. The van der Waals surface area contributed by atoms with E-state index >= 15 is 0 Å². The van der Waals surface area contributed by atoms with Gasteiger partial charge < -0.3 is 9.67 Å². The molecule has 0 aliphatic rings. The highest BCUT2D eigenvalue weighted by atomic mass is 19.3. The van der Waals surface area contributed by atoms with E-state index in [-0.39, 0.29) is 17.7 Å². The number of aromatic nitrogens is 2. The molecule has 0 radical (unpaired) electrons. The van der Waals surface area contributed by atoms with Crippen LogP contribution in [-0.2, 0) is 18.9 Å². The molecular formula is C27H26F2N2O2. The van der Waals surface area contributed by atoms with Gasteiger partial charge in [0.2, 0.25) is 0 Å². The summed E-state index contributed by atoms with van der Waals surface area (Å²) in [4.78, 5) is 16.2. The van der Waals surface area contributed by atoms with Gasteiger partial charge in [0, 0.05) is 25.5 Å². The number of fused-ring (bicyclic) bond motifs is 1. The van der Waals surface area contributed by atoms with Crippen molar-refractivity contribution < 1.29 is 18.7 Å². The van der Waals surface area contributed by atoms with E-state index in [0.29, 0.717) is 34.8 Å². The molecule has 4 nitrogen and oxygen atoms in total. The maximum Gasteiger partial charge on any atom is 0.335 e. The topological polar surface area (TPSA) is 55.1 Å². The third-order valence-electron chi connectivity index (χ3n) is 5.90. The van der Waals surface area contributed by atoms with Crippen LogP contribution in [-0.4, -0.2) is 20.6 Å². The van der Waals surface area contributed by atoms with E-state index in [9.17, 15) is 18.7 Å². The number of halogens is 2. The number of alkyl halides is 2. The third kappa shape index (κ3) is 4.80. The average molecular weight is 449 g/mol. The first-order valence-electron chi connectivity index (χ1n) is 10.9. The monoisotopic (exact) mass is 448 g/mol. The molecule has 0 aliphatic carbocycles. The van der Waals surface area contributed by atoms with Crippen LogP contribution in [0.5, 0.6) is 0 Å². The quantitative estimate of drug-likeness (QED) is 0.346. The van der Waals surface area contributed by atoms with Crippen molar-refractivity contribution >= 4 is 17.0 Å². The molecule has 0 atom stereocenters. The van der Waals surface area contributed by atoms with Crippen molar-refractivity contribution in [1.82, 2.24) is 9.55 Å². The van der Waals surface area contributed by atoms with Crippen LogP contribution >= 0.6 is 0 Å². The molecule has 0 amide bonds. The van der Waals surface area contributed by atoms with Gasteiger partial charge >= 0.3 is 5.97 Å². The predicted octanol–water partition coefficient (Wildman–Crippen LogP) is 6.61. The normalized spacial score (nSPS) is 11.9. The lowest BCUT2D eigenvalue weighted by molar-refractivity contribution is 0.0164. The number of carbonyl (C=O) groups is 1. The van der Waals surface area contributed by atoms with Crippen molar-refractivity contribution in [2.24, 2.45) is 0 Å². The first-order valence-corrected chi connectivity index (χ1v) is 10.9. The van der Waals surface area contributed by atoms with Crippen molar-refractivity contribution in [3.8, 4) is 0 Å². The molecule has 0 saturated carbocycles. The standard InChI is InChI=1S/C27H26F2N2O2/c1-17(2)19-10-8-18(9-11-19)14-25-30-23-15-20(26(32)33)12-13-24(23)31(25)16-21-6-4-5-7-22(21)27(3,28)29/h4-13,15,17H,14,16H2,1-3H3,(H,32,33). The predicted molar refractivity (Wildman–Crippen MR) is 125 cm³/mol. The number of carboxylic acids is 1. The minimum Gasteiger partial charge on any atom is -0.478 e. The van der Waals surface area contributed by atoms with E-state index < -0.39 is 11.9 Å². The summed E-state index contributed by atoms with van der Waals surface area (Å²) >= 11 is 0. The van der Waals surface area contributed by atoms with Gasteiger partial charge in [0.05, 0.1) is 16.6 Å². The number of rotatable bonds is 7. The summed E-state index contributed by atoms with van der Waals surface area (Å²) in [6.45, 7) is 5.38. The Bertz CT molecular complexity index is 1300. The average Bonchev–Trinajstić information content (AvgIpc) is 3.10. The summed E-state index contributed by atoms with van der Waals surface area (Å²) in [5, 5.41) is 9.37. The van der Waals surface area contributed by atoms with Crippen LogP contribution in [0, 0.1) is 0 Å². The lowest BCUT2D eigenvalue weighted by Crippen LogP contribution is -2.14. The van der Waals surface area contributed by atoms with Crippen molar-refractivity contribution in [2.75, 3.05) is 0 Å². The van der Waals surface area contributed by atoms with E-state index in [4.69, 9.17) is 4.98 Å². The third-order valence-corrected chi connectivity index (χ3v) is 5.90. The van der Waals surface area contributed by atoms with Gasteiger partial charge in [-0.15, -0.1) is 0 Å². The second kappa shape index (κ2) is 8.77. The lowest BCUT2D eigenvalue weighted by atomic mass is 10.0. The molecule has 1 N–H and O–H groups in total. The summed E-state index contributed by atoms with van der Waals surface area (Å²) in [6, 6.07) is 19.5. The fourth-order valence-corrected chi connectivity index (χ4v) is 4.08. The number of nitrogens with zero attached hydrogens (tertiary/aromatic N) is 2. The summed E-state index contributed by atoms with van der Waals surface area (Å²) in [7, 11) is 0. The molecule has 0 unspecified atom stereocenters. The largest absolute Gasteiger partial charge is 0.478 e. The van der Waals surface area contributed by atoms with Gasteiger partial charge in [0.15, 0.2) is 0 Å². The van der Waals surface area contributed by atoms with E-state index in [1.165, 1.54) is 23.8 Å². The first kappa shape index (κ1) is 22.6. The van der Waals surface area contributed by atoms with Gasteiger partial charge in [-0.1, -0.05) is 62.4 Å². The Morgan fingerprint density at radius 2 is 1.76 bits per heavy atom. The van der Waals surface area contributed by atoms with Crippen LogP contribution in [0.2, 0.25) is 0 Å². The summed E-state index contributed by atoms with van der Waals surface area (Å²) in [5.41, 5.74) is 4.14. The molecule has 0 bridgehead atoms. The van der Waals surface area contributed by atoms with Gasteiger partial charge in [0.1, 0.15) is 5.82 Å². The molecular weight excluding hydrogens is 422 g/mol. The zero-order valence-electron chi connectivity index (χ0n) is 18.8. The Morgan fingerprint density at radius 3 is 2.39 bits per heavy atom. The van der Waals surface area contributed by atoms with Crippen LogP contribution in [0.25, 0.3) is 11.0 Å². The Kier molecular flexibility index (Phi) is 6.02. The molecule has 0 aliphatic heterocycles. The van der Waals surface area contributed by atoms with Crippen molar-refractivity contribution in [2.45, 2.75) is 45.6 Å². The highest BCUT2D eigenvalue weighted by molar-refractivity contribution is 5.92. The lowest BCUT2D eigenvalue weighted by Gasteiger charge is -2.17. The summed E-state index contributed by atoms with van der Waals surface area (Å²) in [5.74, 6) is -2.89. The molecule has 0 fully saturated rings. The number of benzene rings is 3. The molecule has 6 heteroatoms. The van der Waals surface area contributed by atoms with Gasteiger partial charge in [-0.25, -0.2) is 18.6 Å². The zero-order chi connectivity index (χ0) is 23.8. The minimum absolute atomic E-state index is 0.0266. The molecule has 3 aromatic carbocycles.